The van der Waals surface area contributed by atoms with Gasteiger partial charge in [-0.1, -0.05) is 6.07 Å². The van der Waals surface area contributed by atoms with Gasteiger partial charge in [0.05, 0.1) is 0 Å². The zero-order valence-electron chi connectivity index (χ0n) is 10.3. The number of halogens is 1. The van der Waals surface area contributed by atoms with Crippen LogP contribution in [0.5, 0.6) is 0 Å². The summed E-state index contributed by atoms with van der Waals surface area (Å²) >= 11 is 0. The third-order valence-corrected chi connectivity index (χ3v) is 3.89. The van der Waals surface area contributed by atoms with E-state index in [2.05, 4.69) is 5.32 Å². The second-order valence-corrected chi connectivity index (χ2v) is 5.18. The minimum absolute atomic E-state index is 0.0111. The van der Waals surface area contributed by atoms with Gasteiger partial charge in [-0.3, -0.25) is 4.79 Å². The van der Waals surface area contributed by atoms with Crippen LogP contribution in [0, 0.1) is 11.7 Å². The zero-order chi connectivity index (χ0) is 12.5. The molecule has 1 aromatic carbocycles. The SMILES string of the molecule is O=C1c2cc(F)ccc2CN1CC1CCNCC1. The third kappa shape index (κ3) is 2.12. The van der Waals surface area contributed by atoms with E-state index in [0.29, 0.717) is 18.0 Å². The van der Waals surface area contributed by atoms with Crippen molar-refractivity contribution in [1.82, 2.24) is 10.2 Å². The molecule has 0 spiro atoms. The normalized spacial score (nSPS) is 20.3. The molecule has 0 bridgehead atoms. The van der Waals surface area contributed by atoms with E-state index in [4.69, 9.17) is 0 Å². The molecular formula is C14H17FN2O. The summed E-state index contributed by atoms with van der Waals surface area (Å²) in [4.78, 5) is 14.0. The van der Waals surface area contributed by atoms with E-state index in [0.717, 1.165) is 38.0 Å². The summed E-state index contributed by atoms with van der Waals surface area (Å²) in [6, 6.07) is 4.52. The first-order valence-corrected chi connectivity index (χ1v) is 6.52. The minimum atomic E-state index is -0.328. The average molecular weight is 248 g/mol. The number of hydrogen-bond acceptors (Lipinski definition) is 2. The van der Waals surface area contributed by atoms with E-state index in [1.807, 2.05) is 4.90 Å². The number of fused-ring (bicyclic) bond motifs is 1. The molecule has 2 heterocycles. The summed E-state index contributed by atoms with van der Waals surface area (Å²) in [6.45, 7) is 3.51. The third-order valence-electron chi connectivity index (χ3n) is 3.89. The largest absolute Gasteiger partial charge is 0.334 e. The van der Waals surface area contributed by atoms with Crippen LogP contribution in [0.3, 0.4) is 0 Å². The molecule has 0 atom stereocenters. The lowest BCUT2D eigenvalue weighted by atomic mass is 9.98. The number of rotatable bonds is 2. The molecular weight excluding hydrogens is 231 g/mol. The molecule has 2 aliphatic rings. The second kappa shape index (κ2) is 4.69. The van der Waals surface area contributed by atoms with Crippen LogP contribution in [-0.2, 0) is 6.54 Å². The van der Waals surface area contributed by atoms with E-state index in [1.165, 1.54) is 12.1 Å². The predicted molar refractivity (Wildman–Crippen MR) is 66.7 cm³/mol. The standard InChI is InChI=1S/C14H17FN2O/c15-12-2-1-11-9-17(14(18)13(11)7-12)8-10-3-5-16-6-4-10/h1-2,7,10,16H,3-6,8-9H2. The highest BCUT2D eigenvalue weighted by atomic mass is 19.1. The molecule has 0 aromatic heterocycles. The Balaban J connectivity index is 1.71. The molecule has 96 valence electrons. The monoisotopic (exact) mass is 248 g/mol. The quantitative estimate of drug-likeness (QED) is 0.865. The topological polar surface area (TPSA) is 32.3 Å². The maximum Gasteiger partial charge on any atom is 0.254 e. The fourth-order valence-electron chi connectivity index (χ4n) is 2.86. The molecule has 3 nitrogen and oxygen atoms in total. The van der Waals surface area contributed by atoms with Crippen LogP contribution in [0.25, 0.3) is 0 Å². The highest BCUT2D eigenvalue weighted by Crippen LogP contribution is 2.25. The van der Waals surface area contributed by atoms with E-state index < -0.39 is 0 Å². The number of carbonyl (C=O) groups is 1. The number of piperidine rings is 1. The number of carbonyl (C=O) groups excluding carboxylic acids is 1. The highest BCUT2D eigenvalue weighted by Gasteiger charge is 2.29. The number of benzene rings is 1. The van der Waals surface area contributed by atoms with Crippen LogP contribution in [-0.4, -0.2) is 30.4 Å². The van der Waals surface area contributed by atoms with Crippen molar-refractivity contribution in [2.24, 2.45) is 5.92 Å². The number of nitrogens with one attached hydrogen (secondary N) is 1. The van der Waals surface area contributed by atoms with Crippen LogP contribution in [0.4, 0.5) is 4.39 Å². The Morgan fingerprint density at radius 3 is 2.89 bits per heavy atom. The minimum Gasteiger partial charge on any atom is -0.334 e. The summed E-state index contributed by atoms with van der Waals surface area (Å²) in [7, 11) is 0. The van der Waals surface area contributed by atoms with Gasteiger partial charge in [0.25, 0.3) is 5.91 Å². The Morgan fingerprint density at radius 1 is 1.33 bits per heavy atom. The first kappa shape index (κ1) is 11.7. The smallest absolute Gasteiger partial charge is 0.254 e. The van der Waals surface area contributed by atoms with E-state index in [-0.39, 0.29) is 11.7 Å². The van der Waals surface area contributed by atoms with Crippen LogP contribution in [0.15, 0.2) is 18.2 Å². The molecule has 1 amide bonds. The lowest BCUT2D eigenvalue weighted by Gasteiger charge is -2.27. The van der Waals surface area contributed by atoms with Gasteiger partial charge < -0.3 is 10.2 Å². The Hall–Kier alpha value is -1.42. The van der Waals surface area contributed by atoms with Gasteiger partial charge in [0, 0.05) is 18.7 Å². The summed E-state index contributed by atoms with van der Waals surface area (Å²) in [5, 5.41) is 3.32. The molecule has 0 unspecified atom stereocenters. The van der Waals surface area contributed by atoms with Gasteiger partial charge in [-0.2, -0.15) is 0 Å². The van der Waals surface area contributed by atoms with Crippen molar-refractivity contribution in [2.75, 3.05) is 19.6 Å². The van der Waals surface area contributed by atoms with Crippen molar-refractivity contribution in [3.63, 3.8) is 0 Å². The molecule has 0 aliphatic carbocycles. The van der Waals surface area contributed by atoms with Crippen molar-refractivity contribution in [2.45, 2.75) is 19.4 Å². The Morgan fingerprint density at radius 2 is 2.11 bits per heavy atom. The zero-order valence-corrected chi connectivity index (χ0v) is 10.3. The summed E-state index contributed by atoms with van der Waals surface area (Å²) in [5.41, 5.74) is 1.50. The molecule has 1 saturated heterocycles. The van der Waals surface area contributed by atoms with Crippen molar-refractivity contribution >= 4 is 5.91 Å². The highest BCUT2D eigenvalue weighted by molar-refractivity contribution is 5.98. The van der Waals surface area contributed by atoms with Crippen molar-refractivity contribution < 1.29 is 9.18 Å². The van der Waals surface area contributed by atoms with Crippen molar-refractivity contribution in [3.05, 3.63) is 35.1 Å². The van der Waals surface area contributed by atoms with Gasteiger partial charge in [0.1, 0.15) is 5.82 Å². The van der Waals surface area contributed by atoms with Crippen LogP contribution in [0.2, 0.25) is 0 Å². The second-order valence-electron chi connectivity index (χ2n) is 5.18. The predicted octanol–water partition coefficient (Wildman–Crippen LogP) is 1.78. The Labute approximate surface area is 106 Å². The summed E-state index contributed by atoms with van der Waals surface area (Å²) in [6.07, 6.45) is 2.24. The van der Waals surface area contributed by atoms with Crippen molar-refractivity contribution in [3.8, 4) is 0 Å². The molecule has 0 radical (unpaired) electrons. The molecule has 3 rings (SSSR count). The summed E-state index contributed by atoms with van der Waals surface area (Å²) < 4.78 is 13.1. The molecule has 1 N–H and O–H groups in total. The van der Waals surface area contributed by atoms with Crippen LogP contribution < -0.4 is 5.32 Å². The fourth-order valence-corrected chi connectivity index (χ4v) is 2.86. The molecule has 2 aliphatic heterocycles. The summed E-state index contributed by atoms with van der Waals surface area (Å²) in [5.74, 6) is 0.239. The van der Waals surface area contributed by atoms with Gasteiger partial charge in [-0.05, 0) is 49.5 Å². The molecule has 1 aromatic rings. The lowest BCUT2D eigenvalue weighted by Crippen LogP contribution is -2.36. The molecule has 18 heavy (non-hydrogen) atoms. The maximum atomic E-state index is 13.1. The van der Waals surface area contributed by atoms with Gasteiger partial charge in [-0.15, -0.1) is 0 Å². The van der Waals surface area contributed by atoms with Crippen molar-refractivity contribution in [1.29, 1.82) is 0 Å². The fraction of sp³-hybridized carbons (Fsp3) is 0.500. The number of nitrogens with zero attached hydrogens (tertiary/aromatic N) is 1. The van der Waals surface area contributed by atoms with E-state index >= 15 is 0 Å². The Bertz CT molecular complexity index is 469. The van der Waals surface area contributed by atoms with E-state index in [9.17, 15) is 9.18 Å². The number of amides is 1. The maximum absolute atomic E-state index is 13.1. The molecule has 1 fully saturated rings. The van der Waals surface area contributed by atoms with Gasteiger partial charge >= 0.3 is 0 Å². The molecule has 0 saturated carbocycles. The van der Waals surface area contributed by atoms with Gasteiger partial charge in [0.15, 0.2) is 0 Å². The first-order valence-electron chi connectivity index (χ1n) is 6.52. The van der Waals surface area contributed by atoms with Gasteiger partial charge in [0.2, 0.25) is 0 Å². The first-order chi connectivity index (χ1) is 8.74. The van der Waals surface area contributed by atoms with Crippen LogP contribution >= 0.6 is 0 Å². The average Bonchev–Trinajstić information content (AvgIpc) is 2.68. The van der Waals surface area contributed by atoms with Gasteiger partial charge in [-0.25, -0.2) is 4.39 Å². The molecule has 4 heteroatoms. The van der Waals surface area contributed by atoms with Crippen LogP contribution in [0.1, 0.15) is 28.8 Å². The number of hydrogen-bond donors (Lipinski definition) is 1. The Kier molecular flexibility index (Phi) is 3.04. The van der Waals surface area contributed by atoms with E-state index in [1.54, 1.807) is 6.07 Å². The lowest BCUT2D eigenvalue weighted by molar-refractivity contribution is 0.0740.